The number of hydrogen-bond donors (Lipinski definition) is 3. The highest BCUT2D eigenvalue weighted by molar-refractivity contribution is 7.89. The van der Waals surface area contributed by atoms with Gasteiger partial charge in [-0.2, -0.15) is 0 Å². The number of sulfonamides is 1. The van der Waals surface area contributed by atoms with Crippen molar-refractivity contribution >= 4 is 33.5 Å². The van der Waals surface area contributed by atoms with Crippen LogP contribution in [0.15, 0.2) is 83.8 Å². The number of anilines is 1. The van der Waals surface area contributed by atoms with E-state index in [-0.39, 0.29) is 22.9 Å². The lowest BCUT2D eigenvalue weighted by molar-refractivity contribution is -0.124. The second-order valence-corrected chi connectivity index (χ2v) is 9.33. The lowest BCUT2D eigenvalue weighted by atomic mass is 10.1. The highest BCUT2D eigenvalue weighted by Crippen LogP contribution is 2.15. The van der Waals surface area contributed by atoms with Crippen molar-refractivity contribution in [3.63, 3.8) is 0 Å². The first-order valence-corrected chi connectivity index (χ1v) is 12.2. The third kappa shape index (κ3) is 8.05. The second-order valence-electron chi connectivity index (χ2n) is 7.57. The minimum absolute atomic E-state index is 0.00694. The summed E-state index contributed by atoms with van der Waals surface area (Å²) >= 11 is 0. The normalized spacial score (nSPS) is 10.9. The van der Waals surface area contributed by atoms with Crippen molar-refractivity contribution in [1.29, 1.82) is 0 Å². The molecule has 0 aromatic heterocycles. The molecule has 35 heavy (non-hydrogen) atoms. The largest absolute Gasteiger partial charge is 0.452 e. The Kier molecular flexibility index (Phi) is 8.71. The van der Waals surface area contributed by atoms with Crippen molar-refractivity contribution in [3.8, 4) is 0 Å². The number of hydrogen-bond acceptors (Lipinski definition) is 6. The summed E-state index contributed by atoms with van der Waals surface area (Å²) < 4.78 is 32.5. The van der Waals surface area contributed by atoms with Crippen LogP contribution in [0.1, 0.15) is 28.4 Å². The summed E-state index contributed by atoms with van der Waals surface area (Å²) in [6, 6.07) is 21.3. The molecule has 0 bridgehead atoms. The summed E-state index contributed by atoms with van der Waals surface area (Å²) in [5.74, 6) is -1.33. The highest BCUT2D eigenvalue weighted by Gasteiger charge is 2.15. The maximum absolute atomic E-state index is 12.5. The van der Waals surface area contributed by atoms with Crippen LogP contribution in [-0.2, 0) is 37.4 Å². The van der Waals surface area contributed by atoms with E-state index in [2.05, 4.69) is 15.4 Å². The summed E-state index contributed by atoms with van der Waals surface area (Å²) in [6.07, 6.45) is 0. The Bertz CT molecular complexity index is 1280. The molecule has 182 valence electrons. The maximum atomic E-state index is 12.5. The Hall–Kier alpha value is -4.02. The molecule has 3 rings (SSSR count). The van der Waals surface area contributed by atoms with Crippen LogP contribution >= 0.6 is 0 Å². The topological polar surface area (TPSA) is 131 Å². The van der Waals surface area contributed by atoms with Crippen molar-refractivity contribution in [2.45, 2.75) is 24.9 Å². The lowest BCUT2D eigenvalue weighted by Crippen LogP contribution is -2.28. The summed E-state index contributed by atoms with van der Waals surface area (Å²) in [7, 11) is -3.77. The zero-order valence-corrected chi connectivity index (χ0v) is 19.8. The van der Waals surface area contributed by atoms with Crippen LogP contribution in [-0.4, -0.2) is 32.8 Å². The number of nitrogens with one attached hydrogen (secondary N) is 3. The Labute approximate surface area is 203 Å². The fraction of sp³-hybridized carbons (Fsp3) is 0.160. The third-order valence-corrected chi connectivity index (χ3v) is 6.22. The average Bonchev–Trinajstić information content (AvgIpc) is 2.86. The minimum atomic E-state index is -3.77. The van der Waals surface area contributed by atoms with Gasteiger partial charge in [0.25, 0.3) is 5.91 Å². The molecule has 3 aromatic carbocycles. The van der Waals surface area contributed by atoms with E-state index in [1.54, 1.807) is 12.1 Å². The SMILES string of the molecule is CC(=O)Nc1ccc(S(=O)(=O)NCc2ccc(C(=O)OCC(=O)NCc3ccccc3)cc2)cc1. The maximum Gasteiger partial charge on any atom is 0.338 e. The molecule has 0 atom stereocenters. The zero-order chi connectivity index (χ0) is 25.3. The van der Waals surface area contributed by atoms with Gasteiger partial charge in [0, 0.05) is 25.7 Å². The van der Waals surface area contributed by atoms with Gasteiger partial charge in [0.05, 0.1) is 10.5 Å². The van der Waals surface area contributed by atoms with Crippen molar-refractivity contribution < 1.29 is 27.5 Å². The summed E-state index contributed by atoms with van der Waals surface area (Å²) in [5, 5.41) is 5.24. The molecule has 0 heterocycles. The highest BCUT2D eigenvalue weighted by atomic mass is 32.2. The molecule has 0 saturated heterocycles. The Morgan fingerprint density at radius 1 is 0.800 bits per heavy atom. The van der Waals surface area contributed by atoms with E-state index < -0.39 is 28.5 Å². The van der Waals surface area contributed by atoms with Crippen molar-refractivity contribution in [1.82, 2.24) is 10.0 Å². The molecule has 0 aliphatic heterocycles. The molecule has 0 aliphatic carbocycles. The molecular weight excluding hydrogens is 470 g/mol. The molecule has 10 heteroatoms. The average molecular weight is 496 g/mol. The van der Waals surface area contributed by atoms with E-state index in [9.17, 15) is 22.8 Å². The fourth-order valence-electron chi connectivity index (χ4n) is 3.00. The number of rotatable bonds is 10. The van der Waals surface area contributed by atoms with Crippen LogP contribution in [0.25, 0.3) is 0 Å². The number of carbonyl (C=O) groups is 3. The number of amides is 2. The third-order valence-electron chi connectivity index (χ3n) is 4.81. The predicted octanol–water partition coefficient (Wildman–Crippen LogP) is 2.60. The van der Waals surface area contributed by atoms with Gasteiger partial charge in [-0.1, -0.05) is 42.5 Å². The monoisotopic (exact) mass is 495 g/mol. The summed E-state index contributed by atoms with van der Waals surface area (Å²) in [5.41, 5.74) is 2.29. The Morgan fingerprint density at radius 2 is 1.43 bits per heavy atom. The standard InChI is InChI=1S/C25H25N3O6S/c1-18(29)28-22-11-13-23(14-12-22)35(32,33)27-16-20-7-9-21(10-8-20)25(31)34-17-24(30)26-15-19-5-3-2-4-6-19/h2-14,27H,15-17H2,1H3,(H,26,30)(H,28,29). The van der Waals surface area contributed by atoms with Crippen molar-refractivity contribution in [2.24, 2.45) is 0 Å². The summed E-state index contributed by atoms with van der Waals surface area (Å²) in [4.78, 5) is 35.2. The molecule has 0 aliphatic rings. The molecule has 0 radical (unpaired) electrons. The first-order chi connectivity index (χ1) is 16.7. The molecule has 9 nitrogen and oxygen atoms in total. The number of esters is 1. The Morgan fingerprint density at radius 3 is 2.06 bits per heavy atom. The zero-order valence-electron chi connectivity index (χ0n) is 19.0. The van der Waals surface area contributed by atoms with Gasteiger partial charge in [-0.05, 0) is 47.5 Å². The predicted molar refractivity (Wildman–Crippen MR) is 130 cm³/mol. The van der Waals surface area contributed by atoms with Gasteiger partial charge < -0.3 is 15.4 Å². The lowest BCUT2D eigenvalue weighted by Gasteiger charge is -2.09. The van der Waals surface area contributed by atoms with Crippen LogP contribution in [0.4, 0.5) is 5.69 Å². The van der Waals surface area contributed by atoms with Gasteiger partial charge in [-0.25, -0.2) is 17.9 Å². The van der Waals surface area contributed by atoms with Gasteiger partial charge in [-0.3, -0.25) is 9.59 Å². The fourth-order valence-corrected chi connectivity index (χ4v) is 4.02. The van der Waals surface area contributed by atoms with Crippen LogP contribution in [0.5, 0.6) is 0 Å². The van der Waals surface area contributed by atoms with E-state index in [0.29, 0.717) is 17.8 Å². The van der Waals surface area contributed by atoms with Crippen LogP contribution in [0.3, 0.4) is 0 Å². The van der Waals surface area contributed by atoms with E-state index >= 15 is 0 Å². The minimum Gasteiger partial charge on any atom is -0.452 e. The molecule has 0 fully saturated rings. The quantitative estimate of drug-likeness (QED) is 0.371. The molecule has 0 unspecified atom stereocenters. The van der Waals surface area contributed by atoms with Crippen molar-refractivity contribution in [2.75, 3.05) is 11.9 Å². The summed E-state index contributed by atoms with van der Waals surface area (Å²) in [6.45, 7) is 1.29. The molecule has 2 amide bonds. The van der Waals surface area contributed by atoms with E-state index in [1.807, 2.05) is 30.3 Å². The van der Waals surface area contributed by atoms with Crippen LogP contribution < -0.4 is 15.4 Å². The number of carbonyl (C=O) groups excluding carboxylic acids is 3. The Balaban J connectivity index is 1.47. The molecule has 3 N–H and O–H groups in total. The van der Waals surface area contributed by atoms with E-state index in [1.165, 1.54) is 43.3 Å². The van der Waals surface area contributed by atoms with E-state index in [4.69, 9.17) is 4.74 Å². The molecule has 0 spiro atoms. The van der Waals surface area contributed by atoms with Gasteiger partial charge >= 0.3 is 5.97 Å². The molecule has 3 aromatic rings. The van der Waals surface area contributed by atoms with Gasteiger partial charge in [-0.15, -0.1) is 0 Å². The van der Waals surface area contributed by atoms with Gasteiger partial charge in [0.15, 0.2) is 6.61 Å². The van der Waals surface area contributed by atoms with Crippen molar-refractivity contribution in [3.05, 3.63) is 95.6 Å². The first-order valence-electron chi connectivity index (χ1n) is 10.7. The van der Waals surface area contributed by atoms with Crippen LogP contribution in [0.2, 0.25) is 0 Å². The number of ether oxygens (including phenoxy) is 1. The van der Waals surface area contributed by atoms with Crippen LogP contribution in [0, 0.1) is 0 Å². The van der Waals surface area contributed by atoms with Gasteiger partial charge in [0.1, 0.15) is 0 Å². The van der Waals surface area contributed by atoms with E-state index in [0.717, 1.165) is 5.56 Å². The molecular formula is C25H25N3O6S. The van der Waals surface area contributed by atoms with Gasteiger partial charge in [0.2, 0.25) is 15.9 Å². The number of benzene rings is 3. The smallest absolute Gasteiger partial charge is 0.338 e. The molecule has 0 saturated carbocycles. The first kappa shape index (κ1) is 25.6. The second kappa shape index (κ2) is 11.9.